The van der Waals surface area contributed by atoms with Gasteiger partial charge in [-0.15, -0.1) is 10.2 Å². The number of aromatic nitrogens is 3. The van der Waals surface area contributed by atoms with E-state index < -0.39 is 6.04 Å². The predicted octanol–water partition coefficient (Wildman–Crippen LogP) is 8.13. The van der Waals surface area contributed by atoms with E-state index in [1.165, 1.54) is 11.1 Å². The molecule has 6 rings (SSSR count). The molecule has 0 saturated carbocycles. The molecule has 208 valence electrons. The second kappa shape index (κ2) is 12.7. The molecule has 2 N–H and O–H groups in total. The number of amides is 2. The van der Waals surface area contributed by atoms with Crippen LogP contribution in [0.3, 0.4) is 0 Å². The Morgan fingerprint density at radius 3 is 2.19 bits per heavy atom. The first-order valence-corrected chi connectivity index (χ1v) is 14.9. The SMILES string of the molecule is Cc1ccc(-n2c(SCc3ccccc3)nnc2C(Cc2ccccc2)NC(=O)Nc2cccc3ccccc23)cc1. The summed E-state index contributed by atoms with van der Waals surface area (Å²) in [7, 11) is 0. The molecule has 0 bridgehead atoms. The summed E-state index contributed by atoms with van der Waals surface area (Å²) in [6.45, 7) is 2.07. The standard InChI is InChI=1S/C35H31N5OS/c1-25-19-21-29(22-20-25)40-33(38-39-35(40)42-24-27-13-6-3-7-14-27)32(23-26-11-4-2-5-12-26)37-34(41)36-31-18-10-16-28-15-8-9-17-30(28)31/h2-22,32H,23-24H2,1H3,(H2,36,37,41). The number of anilines is 1. The molecule has 5 aromatic carbocycles. The van der Waals surface area contributed by atoms with Crippen LogP contribution >= 0.6 is 11.8 Å². The quantitative estimate of drug-likeness (QED) is 0.173. The minimum Gasteiger partial charge on any atom is -0.327 e. The maximum atomic E-state index is 13.6. The first kappa shape index (κ1) is 27.3. The molecule has 2 amide bonds. The van der Waals surface area contributed by atoms with Gasteiger partial charge in [0.15, 0.2) is 11.0 Å². The zero-order valence-electron chi connectivity index (χ0n) is 23.3. The van der Waals surface area contributed by atoms with E-state index in [1.54, 1.807) is 11.8 Å². The summed E-state index contributed by atoms with van der Waals surface area (Å²) in [5.74, 6) is 1.43. The molecule has 0 aliphatic carbocycles. The van der Waals surface area contributed by atoms with Gasteiger partial charge >= 0.3 is 6.03 Å². The third-order valence-electron chi connectivity index (χ3n) is 7.10. The van der Waals surface area contributed by atoms with E-state index in [2.05, 4.69) is 80.9 Å². The third-order valence-corrected chi connectivity index (χ3v) is 8.10. The highest BCUT2D eigenvalue weighted by atomic mass is 32.2. The number of benzene rings is 5. The second-order valence-corrected chi connectivity index (χ2v) is 11.1. The molecule has 1 aromatic heterocycles. The average molecular weight is 570 g/mol. The molecule has 0 radical (unpaired) electrons. The number of hydrogen-bond donors (Lipinski definition) is 2. The fraction of sp³-hybridized carbons (Fsp3) is 0.114. The number of rotatable bonds is 9. The highest BCUT2D eigenvalue weighted by Crippen LogP contribution is 2.30. The van der Waals surface area contributed by atoms with E-state index in [0.29, 0.717) is 12.2 Å². The van der Waals surface area contributed by atoms with Crippen LogP contribution in [0.2, 0.25) is 0 Å². The Morgan fingerprint density at radius 2 is 1.43 bits per heavy atom. The minimum absolute atomic E-state index is 0.302. The minimum atomic E-state index is -0.442. The van der Waals surface area contributed by atoms with Crippen molar-refractivity contribution in [3.05, 3.63) is 150 Å². The van der Waals surface area contributed by atoms with Gasteiger partial charge in [-0.05, 0) is 41.6 Å². The average Bonchev–Trinajstić information content (AvgIpc) is 3.45. The van der Waals surface area contributed by atoms with Crippen molar-refractivity contribution >= 4 is 34.3 Å². The molecule has 1 atom stereocenters. The lowest BCUT2D eigenvalue weighted by atomic mass is 10.1. The van der Waals surface area contributed by atoms with Crippen molar-refractivity contribution in [2.24, 2.45) is 0 Å². The number of nitrogens with one attached hydrogen (secondary N) is 2. The molecular weight excluding hydrogens is 538 g/mol. The summed E-state index contributed by atoms with van der Waals surface area (Å²) in [5.41, 5.74) is 5.16. The number of carbonyl (C=O) groups excluding carboxylic acids is 1. The number of nitrogens with zero attached hydrogens (tertiary/aromatic N) is 3. The third kappa shape index (κ3) is 6.37. The van der Waals surface area contributed by atoms with Crippen molar-refractivity contribution in [2.45, 2.75) is 30.3 Å². The molecule has 0 spiro atoms. The lowest BCUT2D eigenvalue weighted by Gasteiger charge is -2.21. The topological polar surface area (TPSA) is 71.8 Å². The molecule has 42 heavy (non-hydrogen) atoms. The van der Waals surface area contributed by atoms with Gasteiger partial charge in [0.1, 0.15) is 0 Å². The van der Waals surface area contributed by atoms with Crippen molar-refractivity contribution in [3.8, 4) is 5.69 Å². The van der Waals surface area contributed by atoms with Gasteiger partial charge in [0.25, 0.3) is 0 Å². The fourth-order valence-electron chi connectivity index (χ4n) is 4.97. The van der Waals surface area contributed by atoms with Crippen LogP contribution in [0, 0.1) is 6.92 Å². The van der Waals surface area contributed by atoms with E-state index in [4.69, 9.17) is 0 Å². The van der Waals surface area contributed by atoms with Gasteiger partial charge in [0.05, 0.1) is 11.7 Å². The lowest BCUT2D eigenvalue weighted by Crippen LogP contribution is -2.35. The number of urea groups is 1. The van der Waals surface area contributed by atoms with Crippen LogP contribution in [-0.4, -0.2) is 20.8 Å². The van der Waals surface area contributed by atoms with Crippen molar-refractivity contribution < 1.29 is 4.79 Å². The number of hydrogen-bond acceptors (Lipinski definition) is 4. The van der Waals surface area contributed by atoms with Crippen LogP contribution in [0.5, 0.6) is 0 Å². The number of aryl methyl sites for hydroxylation is 1. The Balaban J connectivity index is 1.35. The first-order valence-electron chi connectivity index (χ1n) is 13.9. The van der Waals surface area contributed by atoms with Gasteiger partial charge in [-0.3, -0.25) is 4.57 Å². The normalized spacial score (nSPS) is 11.7. The summed E-state index contributed by atoms with van der Waals surface area (Å²) >= 11 is 1.63. The van der Waals surface area contributed by atoms with Gasteiger partial charge in [0, 0.05) is 23.2 Å². The largest absolute Gasteiger partial charge is 0.327 e. The molecule has 7 heteroatoms. The number of thioether (sulfide) groups is 1. The smallest absolute Gasteiger partial charge is 0.319 e. The maximum absolute atomic E-state index is 13.6. The number of fused-ring (bicyclic) bond motifs is 1. The lowest BCUT2D eigenvalue weighted by molar-refractivity contribution is 0.248. The molecule has 6 nitrogen and oxygen atoms in total. The van der Waals surface area contributed by atoms with Gasteiger partial charge in [-0.1, -0.05) is 127 Å². The molecule has 0 saturated heterocycles. The first-order chi connectivity index (χ1) is 20.6. The van der Waals surface area contributed by atoms with Crippen molar-refractivity contribution in [1.29, 1.82) is 0 Å². The Labute approximate surface area is 249 Å². The monoisotopic (exact) mass is 569 g/mol. The molecule has 1 unspecified atom stereocenters. The van der Waals surface area contributed by atoms with Gasteiger partial charge < -0.3 is 10.6 Å². The Kier molecular flexibility index (Phi) is 8.28. The zero-order valence-corrected chi connectivity index (χ0v) is 24.1. The van der Waals surface area contributed by atoms with Gasteiger partial charge in [0.2, 0.25) is 0 Å². The van der Waals surface area contributed by atoms with Crippen LogP contribution in [0.1, 0.15) is 28.6 Å². The van der Waals surface area contributed by atoms with Crippen LogP contribution < -0.4 is 10.6 Å². The molecule has 0 fully saturated rings. The summed E-state index contributed by atoms with van der Waals surface area (Å²) in [6.07, 6.45) is 0.553. The van der Waals surface area contributed by atoms with E-state index >= 15 is 0 Å². The molecule has 0 aliphatic rings. The Hall–Kier alpha value is -4.88. The predicted molar refractivity (Wildman–Crippen MR) is 171 cm³/mol. The van der Waals surface area contributed by atoms with E-state index in [-0.39, 0.29) is 6.03 Å². The van der Waals surface area contributed by atoms with Crippen LogP contribution in [0.4, 0.5) is 10.5 Å². The van der Waals surface area contributed by atoms with E-state index in [9.17, 15) is 4.79 Å². The highest BCUT2D eigenvalue weighted by molar-refractivity contribution is 7.98. The summed E-state index contributed by atoms with van der Waals surface area (Å²) in [5, 5.41) is 18.4. The Bertz CT molecular complexity index is 1780. The maximum Gasteiger partial charge on any atom is 0.319 e. The zero-order chi connectivity index (χ0) is 28.7. The second-order valence-electron chi connectivity index (χ2n) is 10.2. The summed E-state index contributed by atoms with van der Waals surface area (Å²) in [6, 6.07) is 41.9. The highest BCUT2D eigenvalue weighted by Gasteiger charge is 2.25. The molecule has 6 aromatic rings. The van der Waals surface area contributed by atoms with Crippen molar-refractivity contribution in [1.82, 2.24) is 20.1 Å². The molecular formula is C35H31N5OS. The van der Waals surface area contributed by atoms with Gasteiger partial charge in [-0.25, -0.2) is 4.79 Å². The fourth-order valence-corrected chi connectivity index (χ4v) is 5.88. The summed E-state index contributed by atoms with van der Waals surface area (Å²) < 4.78 is 2.07. The Morgan fingerprint density at radius 1 is 0.762 bits per heavy atom. The van der Waals surface area contributed by atoms with Crippen molar-refractivity contribution in [2.75, 3.05) is 5.32 Å². The molecule has 1 heterocycles. The van der Waals surface area contributed by atoms with Crippen molar-refractivity contribution in [3.63, 3.8) is 0 Å². The molecule has 0 aliphatic heterocycles. The van der Waals surface area contributed by atoms with E-state index in [0.717, 1.165) is 38.6 Å². The number of carbonyl (C=O) groups is 1. The van der Waals surface area contributed by atoms with Crippen LogP contribution in [-0.2, 0) is 12.2 Å². The van der Waals surface area contributed by atoms with Crippen LogP contribution in [0.15, 0.2) is 133 Å². The van der Waals surface area contributed by atoms with Gasteiger partial charge in [-0.2, -0.15) is 0 Å². The summed E-state index contributed by atoms with van der Waals surface area (Å²) in [4.78, 5) is 13.6. The van der Waals surface area contributed by atoms with Crippen LogP contribution in [0.25, 0.3) is 16.5 Å². The van der Waals surface area contributed by atoms with E-state index in [1.807, 2.05) is 78.9 Å².